The molecule has 122 valence electrons. The molecule has 4 heteroatoms. The Labute approximate surface area is 133 Å². The molecule has 0 aromatic heterocycles. The molecule has 2 fully saturated rings. The predicted octanol–water partition coefficient (Wildman–Crippen LogP) is 2.76. The third-order valence-electron chi connectivity index (χ3n) is 4.85. The van der Waals surface area contributed by atoms with Gasteiger partial charge >= 0.3 is 0 Å². The van der Waals surface area contributed by atoms with Crippen LogP contribution in [-0.4, -0.2) is 55.7 Å². The van der Waals surface area contributed by atoms with Crippen LogP contribution in [0.2, 0.25) is 0 Å². The fraction of sp³-hybridized carbons (Fsp3) is 0.667. The summed E-state index contributed by atoms with van der Waals surface area (Å²) in [4.78, 5) is 5.04. The van der Waals surface area contributed by atoms with Crippen LogP contribution in [0.5, 0.6) is 0 Å². The summed E-state index contributed by atoms with van der Waals surface area (Å²) in [6, 6.07) is 6.99. The molecule has 3 rings (SSSR count). The second-order valence-electron chi connectivity index (χ2n) is 6.62. The highest BCUT2D eigenvalue weighted by Crippen LogP contribution is 2.17. The van der Waals surface area contributed by atoms with E-state index in [1.54, 1.807) is 12.1 Å². The van der Waals surface area contributed by atoms with Gasteiger partial charge < -0.3 is 9.64 Å². The van der Waals surface area contributed by atoms with E-state index in [1.165, 1.54) is 38.4 Å². The molecule has 1 unspecified atom stereocenters. The average molecular weight is 306 g/mol. The molecule has 2 heterocycles. The molecular formula is C18H27FN2O. The molecule has 2 saturated heterocycles. The zero-order valence-electron chi connectivity index (χ0n) is 13.3. The Morgan fingerprint density at radius 1 is 1.14 bits per heavy atom. The van der Waals surface area contributed by atoms with Crippen molar-refractivity contribution < 1.29 is 9.13 Å². The number of hydrogen-bond acceptors (Lipinski definition) is 3. The zero-order chi connectivity index (χ0) is 15.2. The fourth-order valence-corrected chi connectivity index (χ4v) is 3.48. The highest BCUT2D eigenvalue weighted by atomic mass is 19.1. The molecule has 0 bridgehead atoms. The van der Waals surface area contributed by atoms with Crippen LogP contribution in [0.3, 0.4) is 0 Å². The number of benzene rings is 1. The molecule has 2 aliphatic heterocycles. The smallest absolute Gasteiger partial charge is 0.123 e. The summed E-state index contributed by atoms with van der Waals surface area (Å²) in [6.07, 6.45) is 3.71. The van der Waals surface area contributed by atoms with Crippen molar-refractivity contribution in [3.63, 3.8) is 0 Å². The molecule has 1 aromatic carbocycles. The van der Waals surface area contributed by atoms with Gasteiger partial charge in [0.15, 0.2) is 0 Å². The molecule has 2 aliphatic rings. The first-order valence-electron chi connectivity index (χ1n) is 8.56. The van der Waals surface area contributed by atoms with Crippen LogP contribution in [0, 0.1) is 11.7 Å². The monoisotopic (exact) mass is 306 g/mol. The van der Waals surface area contributed by atoms with Gasteiger partial charge in [-0.05, 0) is 62.5 Å². The van der Waals surface area contributed by atoms with Gasteiger partial charge in [0.2, 0.25) is 0 Å². The maximum atomic E-state index is 13.3. The van der Waals surface area contributed by atoms with E-state index in [1.807, 2.05) is 6.07 Å². The van der Waals surface area contributed by atoms with Crippen molar-refractivity contribution in [2.45, 2.75) is 25.8 Å². The second kappa shape index (κ2) is 8.04. The van der Waals surface area contributed by atoms with Crippen LogP contribution >= 0.6 is 0 Å². The molecule has 1 aromatic rings. The number of ether oxygens (including phenoxy) is 1. The molecule has 0 aliphatic carbocycles. The first kappa shape index (κ1) is 15.9. The van der Waals surface area contributed by atoms with E-state index in [4.69, 9.17) is 4.74 Å². The summed E-state index contributed by atoms with van der Waals surface area (Å²) >= 11 is 0. The number of hydrogen-bond donors (Lipinski definition) is 0. The van der Waals surface area contributed by atoms with Crippen LogP contribution in [0.4, 0.5) is 4.39 Å². The number of nitrogens with zero attached hydrogens (tertiary/aromatic N) is 2. The lowest BCUT2D eigenvalue weighted by Gasteiger charge is -2.22. The summed E-state index contributed by atoms with van der Waals surface area (Å²) in [5, 5.41) is 0. The van der Waals surface area contributed by atoms with E-state index in [0.29, 0.717) is 0 Å². The fourth-order valence-electron chi connectivity index (χ4n) is 3.48. The van der Waals surface area contributed by atoms with Crippen LogP contribution in [0.15, 0.2) is 24.3 Å². The lowest BCUT2D eigenvalue weighted by atomic mass is 10.1. The Balaban J connectivity index is 1.43. The molecule has 0 amide bonds. The van der Waals surface area contributed by atoms with E-state index in [-0.39, 0.29) is 5.82 Å². The van der Waals surface area contributed by atoms with Crippen LogP contribution in [0.1, 0.15) is 24.8 Å². The van der Waals surface area contributed by atoms with Crippen molar-refractivity contribution in [3.8, 4) is 0 Å². The predicted molar refractivity (Wildman–Crippen MR) is 86.3 cm³/mol. The Hall–Kier alpha value is -0.970. The highest BCUT2D eigenvalue weighted by molar-refractivity contribution is 5.16. The summed E-state index contributed by atoms with van der Waals surface area (Å²) in [6.45, 7) is 8.48. The minimum atomic E-state index is -0.132. The van der Waals surface area contributed by atoms with Gasteiger partial charge in [-0.15, -0.1) is 0 Å². The Morgan fingerprint density at radius 3 is 2.82 bits per heavy atom. The number of rotatable bonds is 5. The topological polar surface area (TPSA) is 15.7 Å². The van der Waals surface area contributed by atoms with Crippen LogP contribution in [-0.2, 0) is 11.3 Å². The van der Waals surface area contributed by atoms with Gasteiger partial charge in [0.1, 0.15) is 5.82 Å². The van der Waals surface area contributed by atoms with Crippen molar-refractivity contribution in [1.29, 1.82) is 0 Å². The minimum absolute atomic E-state index is 0.132. The summed E-state index contributed by atoms with van der Waals surface area (Å²) in [5.41, 5.74) is 1.08. The summed E-state index contributed by atoms with van der Waals surface area (Å²) in [7, 11) is 0. The SMILES string of the molecule is Fc1cccc(CN2CCCN(CCC3CCOC3)CC2)c1. The third kappa shape index (κ3) is 4.77. The molecule has 0 radical (unpaired) electrons. The Kier molecular flexibility index (Phi) is 5.82. The summed E-state index contributed by atoms with van der Waals surface area (Å²) in [5.74, 6) is 0.638. The molecule has 0 spiro atoms. The van der Waals surface area contributed by atoms with E-state index >= 15 is 0 Å². The average Bonchev–Trinajstić information content (AvgIpc) is 2.93. The van der Waals surface area contributed by atoms with Gasteiger partial charge in [-0.25, -0.2) is 4.39 Å². The van der Waals surface area contributed by atoms with Gasteiger partial charge in [-0.3, -0.25) is 4.90 Å². The highest BCUT2D eigenvalue weighted by Gasteiger charge is 2.19. The van der Waals surface area contributed by atoms with Crippen molar-refractivity contribution in [3.05, 3.63) is 35.6 Å². The lowest BCUT2D eigenvalue weighted by molar-refractivity contribution is 0.178. The van der Waals surface area contributed by atoms with E-state index in [2.05, 4.69) is 9.80 Å². The van der Waals surface area contributed by atoms with Gasteiger partial charge in [0, 0.05) is 32.8 Å². The largest absolute Gasteiger partial charge is 0.381 e. The molecule has 22 heavy (non-hydrogen) atoms. The second-order valence-corrected chi connectivity index (χ2v) is 6.62. The van der Waals surface area contributed by atoms with E-state index in [0.717, 1.165) is 50.9 Å². The van der Waals surface area contributed by atoms with Crippen molar-refractivity contribution in [2.24, 2.45) is 5.92 Å². The van der Waals surface area contributed by atoms with Gasteiger partial charge in [0.05, 0.1) is 0 Å². The minimum Gasteiger partial charge on any atom is -0.381 e. The Morgan fingerprint density at radius 2 is 2.00 bits per heavy atom. The normalized spacial score (nSPS) is 24.5. The maximum Gasteiger partial charge on any atom is 0.123 e. The third-order valence-corrected chi connectivity index (χ3v) is 4.85. The van der Waals surface area contributed by atoms with E-state index < -0.39 is 0 Å². The lowest BCUT2D eigenvalue weighted by Crippen LogP contribution is -2.32. The quantitative estimate of drug-likeness (QED) is 0.832. The van der Waals surface area contributed by atoms with Crippen LogP contribution < -0.4 is 0 Å². The molecule has 1 atom stereocenters. The van der Waals surface area contributed by atoms with Crippen LogP contribution in [0.25, 0.3) is 0 Å². The molecule has 0 saturated carbocycles. The van der Waals surface area contributed by atoms with Crippen molar-refractivity contribution in [2.75, 3.05) is 45.9 Å². The molecular weight excluding hydrogens is 279 g/mol. The van der Waals surface area contributed by atoms with Gasteiger partial charge in [0.25, 0.3) is 0 Å². The first-order chi connectivity index (χ1) is 10.8. The van der Waals surface area contributed by atoms with E-state index in [9.17, 15) is 4.39 Å². The number of halogens is 1. The van der Waals surface area contributed by atoms with Crippen molar-refractivity contribution >= 4 is 0 Å². The molecule has 3 nitrogen and oxygen atoms in total. The zero-order valence-corrected chi connectivity index (χ0v) is 13.3. The van der Waals surface area contributed by atoms with Gasteiger partial charge in [-0.2, -0.15) is 0 Å². The Bertz CT molecular complexity index is 462. The maximum absolute atomic E-state index is 13.3. The first-order valence-corrected chi connectivity index (χ1v) is 8.56. The molecule has 0 N–H and O–H groups in total. The van der Waals surface area contributed by atoms with Crippen molar-refractivity contribution in [1.82, 2.24) is 9.80 Å². The summed E-state index contributed by atoms with van der Waals surface area (Å²) < 4.78 is 18.7. The van der Waals surface area contributed by atoms with Gasteiger partial charge in [-0.1, -0.05) is 12.1 Å². The standard InChI is InChI=1S/C18H27FN2O/c19-18-4-1-3-17(13-18)14-21-8-2-7-20(10-11-21)9-5-16-6-12-22-15-16/h1,3-4,13,16H,2,5-12,14-15H2.